The van der Waals surface area contributed by atoms with E-state index in [1.807, 2.05) is 24.6 Å². The van der Waals surface area contributed by atoms with E-state index in [1.54, 1.807) is 29.2 Å². The second kappa shape index (κ2) is 9.44. The molecule has 0 unspecified atom stereocenters. The maximum Gasteiger partial charge on any atom is 0.264 e. The fourth-order valence-electron chi connectivity index (χ4n) is 4.00. The van der Waals surface area contributed by atoms with Crippen LogP contribution in [0.5, 0.6) is 5.75 Å². The molecular weight excluding hydrogens is 460 g/mol. The molecule has 1 aromatic carbocycles. The summed E-state index contributed by atoms with van der Waals surface area (Å²) < 4.78 is 34.9. The van der Waals surface area contributed by atoms with Gasteiger partial charge in [-0.05, 0) is 50.1 Å². The van der Waals surface area contributed by atoms with Crippen LogP contribution in [0.25, 0.3) is 10.2 Å². The van der Waals surface area contributed by atoms with Gasteiger partial charge in [-0.1, -0.05) is 13.8 Å². The molecule has 1 aliphatic heterocycles. The minimum Gasteiger partial charge on any atom is -0.494 e. The average Bonchev–Trinajstić information content (AvgIpc) is 3.35. The van der Waals surface area contributed by atoms with Gasteiger partial charge in [-0.2, -0.15) is 9.40 Å². The first-order chi connectivity index (χ1) is 15.7. The molecule has 1 saturated heterocycles. The van der Waals surface area contributed by atoms with Gasteiger partial charge in [0.1, 0.15) is 10.6 Å². The highest BCUT2D eigenvalue weighted by Crippen LogP contribution is 2.30. The van der Waals surface area contributed by atoms with Crippen molar-refractivity contribution >= 4 is 37.5 Å². The molecule has 1 amide bonds. The highest BCUT2D eigenvalue weighted by atomic mass is 32.2. The van der Waals surface area contributed by atoms with Crippen LogP contribution in [0.3, 0.4) is 0 Å². The topological polar surface area (TPSA) is 84.7 Å². The van der Waals surface area contributed by atoms with Gasteiger partial charge in [0.2, 0.25) is 10.0 Å². The van der Waals surface area contributed by atoms with E-state index in [2.05, 4.69) is 18.9 Å². The van der Waals surface area contributed by atoms with Crippen molar-refractivity contribution < 1.29 is 17.9 Å². The molecule has 0 bridgehead atoms. The number of ether oxygens (including phenoxy) is 1. The summed E-state index contributed by atoms with van der Waals surface area (Å²) in [7, 11) is -3.61. The number of benzene rings is 1. The first-order valence-corrected chi connectivity index (χ1v) is 13.5. The van der Waals surface area contributed by atoms with Gasteiger partial charge in [0, 0.05) is 38.1 Å². The molecule has 1 aliphatic rings. The van der Waals surface area contributed by atoms with Crippen molar-refractivity contribution in [3.63, 3.8) is 0 Å². The van der Waals surface area contributed by atoms with Crippen LogP contribution in [0.15, 0.2) is 35.2 Å². The van der Waals surface area contributed by atoms with E-state index >= 15 is 0 Å². The van der Waals surface area contributed by atoms with Gasteiger partial charge in [0.05, 0.1) is 22.1 Å². The number of carbonyl (C=O) groups excluding carboxylic acids is 1. The Morgan fingerprint density at radius 3 is 2.42 bits per heavy atom. The summed E-state index contributed by atoms with van der Waals surface area (Å²) in [6.45, 7) is 10.7. The number of sulfonamides is 1. The molecule has 8 nitrogen and oxygen atoms in total. The molecule has 0 saturated carbocycles. The van der Waals surface area contributed by atoms with E-state index in [-0.39, 0.29) is 23.9 Å². The lowest BCUT2D eigenvalue weighted by atomic mass is 10.2. The predicted octanol–water partition coefficient (Wildman–Crippen LogP) is 3.61. The normalized spacial score (nSPS) is 15.5. The third-order valence-electron chi connectivity index (χ3n) is 5.65. The number of fused-ring (bicyclic) bond motifs is 1. The van der Waals surface area contributed by atoms with Crippen LogP contribution in [-0.2, 0) is 16.6 Å². The average molecular weight is 491 g/mol. The van der Waals surface area contributed by atoms with E-state index in [0.717, 1.165) is 22.5 Å². The van der Waals surface area contributed by atoms with Crippen molar-refractivity contribution in [2.45, 2.75) is 39.1 Å². The van der Waals surface area contributed by atoms with E-state index in [0.29, 0.717) is 36.2 Å². The number of aromatic nitrogens is 2. The third-order valence-corrected chi connectivity index (χ3v) is 8.70. The van der Waals surface area contributed by atoms with Crippen molar-refractivity contribution in [1.29, 1.82) is 0 Å². The number of thiophene rings is 1. The number of nitrogens with zero attached hydrogens (tertiary/aromatic N) is 4. The first-order valence-electron chi connectivity index (χ1n) is 11.2. The Morgan fingerprint density at radius 2 is 1.82 bits per heavy atom. The second-order valence-corrected chi connectivity index (χ2v) is 11.6. The van der Waals surface area contributed by atoms with Crippen molar-refractivity contribution in [2.75, 3.05) is 32.8 Å². The number of hydrogen-bond acceptors (Lipinski definition) is 6. The van der Waals surface area contributed by atoms with Crippen molar-refractivity contribution in [1.82, 2.24) is 19.0 Å². The fraction of sp³-hybridized carbons (Fsp3) is 0.478. The molecule has 1 fully saturated rings. The lowest BCUT2D eigenvalue weighted by molar-refractivity contribution is 0.0703. The zero-order valence-electron chi connectivity index (χ0n) is 19.4. The van der Waals surface area contributed by atoms with Crippen LogP contribution >= 0.6 is 11.3 Å². The highest BCUT2D eigenvalue weighted by molar-refractivity contribution is 7.89. The van der Waals surface area contributed by atoms with Crippen LogP contribution in [-0.4, -0.2) is 66.1 Å². The number of aryl methyl sites for hydroxylation is 1. The lowest BCUT2D eigenvalue weighted by Gasteiger charge is -2.33. The predicted molar refractivity (Wildman–Crippen MR) is 129 cm³/mol. The maximum absolute atomic E-state index is 13.2. The molecule has 3 heterocycles. The molecule has 10 heteroatoms. The van der Waals surface area contributed by atoms with Crippen molar-refractivity contribution in [2.24, 2.45) is 5.92 Å². The Balaban J connectivity index is 1.44. The van der Waals surface area contributed by atoms with Crippen molar-refractivity contribution in [3.8, 4) is 5.75 Å². The molecule has 0 aliphatic carbocycles. The van der Waals surface area contributed by atoms with Gasteiger partial charge in [-0.15, -0.1) is 11.3 Å². The smallest absolute Gasteiger partial charge is 0.264 e. The lowest BCUT2D eigenvalue weighted by Crippen LogP contribution is -2.50. The number of piperazine rings is 1. The van der Waals surface area contributed by atoms with Crippen LogP contribution < -0.4 is 4.74 Å². The molecule has 0 spiro atoms. The zero-order valence-corrected chi connectivity index (χ0v) is 21.1. The van der Waals surface area contributed by atoms with E-state index in [9.17, 15) is 13.2 Å². The summed E-state index contributed by atoms with van der Waals surface area (Å²) in [6, 6.07) is 8.39. The molecule has 2 aromatic heterocycles. The summed E-state index contributed by atoms with van der Waals surface area (Å²) in [6.07, 6.45) is 0. The number of rotatable bonds is 7. The Labute approximate surface area is 198 Å². The standard InChI is InChI=1S/C23H30N4O4S2/c1-5-31-18-6-8-19(9-7-18)33(29,30)26-12-10-25(11-13-26)22(28)21-14-20-17(4)24-27(15-16(2)3)23(20)32-21/h6-9,14,16H,5,10-13,15H2,1-4H3. The van der Waals surface area contributed by atoms with Gasteiger partial charge in [0.15, 0.2) is 0 Å². The van der Waals surface area contributed by atoms with E-state index in [1.165, 1.54) is 15.6 Å². The van der Waals surface area contributed by atoms with E-state index < -0.39 is 10.0 Å². The van der Waals surface area contributed by atoms with Gasteiger partial charge < -0.3 is 9.64 Å². The second-order valence-electron chi connectivity index (χ2n) is 8.59. The van der Waals surface area contributed by atoms with Crippen LogP contribution in [0.1, 0.15) is 36.1 Å². The zero-order chi connectivity index (χ0) is 23.8. The maximum atomic E-state index is 13.2. The molecule has 33 heavy (non-hydrogen) atoms. The summed E-state index contributed by atoms with van der Waals surface area (Å²) in [4.78, 5) is 16.8. The minimum absolute atomic E-state index is 0.0511. The van der Waals surface area contributed by atoms with Crippen LogP contribution in [0.4, 0.5) is 0 Å². The van der Waals surface area contributed by atoms with Gasteiger partial charge in [0.25, 0.3) is 5.91 Å². The molecule has 0 N–H and O–H groups in total. The Morgan fingerprint density at radius 1 is 1.15 bits per heavy atom. The van der Waals surface area contributed by atoms with Gasteiger partial charge in [-0.25, -0.2) is 8.42 Å². The quantitative estimate of drug-likeness (QED) is 0.505. The van der Waals surface area contributed by atoms with Gasteiger partial charge in [-0.3, -0.25) is 9.48 Å². The minimum atomic E-state index is -3.61. The molecule has 178 valence electrons. The third kappa shape index (κ3) is 4.78. The molecule has 4 rings (SSSR count). The summed E-state index contributed by atoms with van der Waals surface area (Å²) >= 11 is 1.46. The number of amides is 1. The number of carbonyl (C=O) groups is 1. The largest absolute Gasteiger partial charge is 0.494 e. The fourth-order valence-corrected chi connectivity index (χ4v) is 6.56. The van der Waals surface area contributed by atoms with Crippen molar-refractivity contribution in [3.05, 3.63) is 40.9 Å². The van der Waals surface area contributed by atoms with Gasteiger partial charge >= 0.3 is 0 Å². The van der Waals surface area contributed by atoms with Crippen LogP contribution in [0.2, 0.25) is 0 Å². The monoisotopic (exact) mass is 490 g/mol. The Kier molecular flexibility index (Phi) is 6.78. The SMILES string of the molecule is CCOc1ccc(S(=O)(=O)N2CCN(C(=O)c3cc4c(C)nn(CC(C)C)c4s3)CC2)cc1. The highest BCUT2D eigenvalue weighted by Gasteiger charge is 2.31. The molecule has 0 atom stereocenters. The first kappa shape index (κ1) is 23.7. The summed E-state index contributed by atoms with van der Waals surface area (Å²) in [5.41, 5.74) is 0.923. The summed E-state index contributed by atoms with van der Waals surface area (Å²) in [5.74, 6) is 1.05. The van der Waals surface area contributed by atoms with Crippen LogP contribution in [0, 0.1) is 12.8 Å². The Hall–Kier alpha value is -2.43. The summed E-state index contributed by atoms with van der Waals surface area (Å²) in [5, 5.41) is 5.62. The molecule has 3 aromatic rings. The van der Waals surface area contributed by atoms with E-state index in [4.69, 9.17) is 4.74 Å². The molecular formula is C23H30N4O4S2. The Bertz CT molecular complexity index is 1240. The number of hydrogen-bond donors (Lipinski definition) is 0. The molecule has 0 radical (unpaired) electrons.